The molecule has 0 radical (unpaired) electrons. The van der Waals surface area contributed by atoms with Gasteiger partial charge in [-0.2, -0.15) is 0 Å². The summed E-state index contributed by atoms with van der Waals surface area (Å²) in [6.45, 7) is 2.77. The number of allylic oxidation sites excluding steroid dienone is 3. The molecule has 3 aliphatic carbocycles. The van der Waals surface area contributed by atoms with Crippen molar-refractivity contribution in [3.8, 4) is 0 Å². The van der Waals surface area contributed by atoms with Gasteiger partial charge in [0.25, 0.3) is 0 Å². The highest BCUT2D eigenvalue weighted by molar-refractivity contribution is 5.32. The SMILES string of the molecule is COC1=CCC2=C(CC[C@@H]3[C@@H]2CC[C@]2(C)[C@@H](O)CO[C@@H]32)C1. The third kappa shape index (κ3) is 1.93. The van der Waals surface area contributed by atoms with Crippen LogP contribution in [0, 0.1) is 17.3 Å². The van der Waals surface area contributed by atoms with Crippen LogP contribution in [0.1, 0.15) is 45.4 Å². The van der Waals surface area contributed by atoms with Gasteiger partial charge in [-0.25, -0.2) is 0 Å². The topological polar surface area (TPSA) is 38.7 Å². The second-order valence-corrected chi connectivity index (χ2v) is 7.51. The molecule has 1 saturated heterocycles. The number of hydrogen-bond acceptors (Lipinski definition) is 3. The maximum atomic E-state index is 10.3. The Hall–Kier alpha value is -0.800. The molecule has 4 rings (SSSR count). The summed E-state index contributed by atoms with van der Waals surface area (Å²) in [5.41, 5.74) is 3.28. The molecule has 0 unspecified atom stereocenters. The average Bonchev–Trinajstić information content (AvgIpc) is 2.82. The molecule has 1 N–H and O–H groups in total. The molecule has 3 nitrogen and oxygen atoms in total. The van der Waals surface area contributed by atoms with Crippen molar-refractivity contribution in [2.45, 2.75) is 57.7 Å². The number of aliphatic hydroxyl groups is 1. The molecule has 1 heterocycles. The first-order chi connectivity index (χ1) is 10.1. The van der Waals surface area contributed by atoms with Crippen molar-refractivity contribution in [2.75, 3.05) is 13.7 Å². The van der Waals surface area contributed by atoms with Crippen LogP contribution in [0.25, 0.3) is 0 Å². The van der Waals surface area contributed by atoms with Gasteiger partial charge in [-0.1, -0.05) is 18.1 Å². The number of aliphatic hydroxyl groups excluding tert-OH is 1. The molecule has 0 aromatic rings. The minimum atomic E-state index is -0.273. The Morgan fingerprint density at radius 1 is 1.38 bits per heavy atom. The van der Waals surface area contributed by atoms with E-state index in [-0.39, 0.29) is 17.6 Å². The molecule has 0 bridgehead atoms. The Bertz CT molecular complexity index is 507. The normalized spacial score (nSPS) is 45.6. The number of ether oxygens (including phenoxy) is 2. The van der Waals surface area contributed by atoms with Crippen molar-refractivity contribution in [1.82, 2.24) is 0 Å². The third-order valence-electron chi connectivity index (χ3n) is 6.63. The van der Waals surface area contributed by atoms with Crippen LogP contribution in [-0.2, 0) is 9.47 Å². The van der Waals surface area contributed by atoms with Crippen LogP contribution >= 0.6 is 0 Å². The van der Waals surface area contributed by atoms with Gasteiger partial charge in [0.05, 0.1) is 31.7 Å². The first-order valence-corrected chi connectivity index (χ1v) is 8.37. The lowest BCUT2D eigenvalue weighted by atomic mass is 9.57. The molecule has 116 valence electrons. The van der Waals surface area contributed by atoms with Gasteiger partial charge in [-0.3, -0.25) is 0 Å². The highest BCUT2D eigenvalue weighted by Crippen LogP contribution is 2.56. The maximum absolute atomic E-state index is 10.3. The molecule has 5 atom stereocenters. The fourth-order valence-electron chi connectivity index (χ4n) is 5.29. The van der Waals surface area contributed by atoms with Gasteiger partial charge in [-0.05, 0) is 50.0 Å². The minimum Gasteiger partial charge on any atom is -0.501 e. The number of methoxy groups -OCH3 is 1. The van der Waals surface area contributed by atoms with Crippen molar-refractivity contribution in [2.24, 2.45) is 17.3 Å². The van der Waals surface area contributed by atoms with Crippen molar-refractivity contribution in [3.05, 3.63) is 23.0 Å². The first-order valence-electron chi connectivity index (χ1n) is 8.37. The van der Waals surface area contributed by atoms with Crippen molar-refractivity contribution in [3.63, 3.8) is 0 Å². The molecular weight excluding hydrogens is 264 g/mol. The van der Waals surface area contributed by atoms with Crippen LogP contribution in [0.3, 0.4) is 0 Å². The predicted octanol–water partition coefficient (Wildman–Crippen LogP) is 3.19. The van der Waals surface area contributed by atoms with Gasteiger partial charge >= 0.3 is 0 Å². The van der Waals surface area contributed by atoms with E-state index in [1.165, 1.54) is 19.3 Å². The van der Waals surface area contributed by atoms with E-state index < -0.39 is 0 Å². The summed E-state index contributed by atoms with van der Waals surface area (Å²) >= 11 is 0. The first kappa shape index (κ1) is 13.8. The molecular formula is C18H26O3. The summed E-state index contributed by atoms with van der Waals surface area (Å²) in [5.74, 6) is 2.42. The zero-order chi connectivity index (χ0) is 14.6. The van der Waals surface area contributed by atoms with E-state index in [2.05, 4.69) is 13.0 Å². The molecule has 1 saturated carbocycles. The van der Waals surface area contributed by atoms with Crippen molar-refractivity contribution in [1.29, 1.82) is 0 Å². The Morgan fingerprint density at radius 2 is 2.24 bits per heavy atom. The quantitative estimate of drug-likeness (QED) is 0.754. The lowest BCUT2D eigenvalue weighted by Crippen LogP contribution is -2.49. The Balaban J connectivity index is 1.61. The summed E-state index contributed by atoms with van der Waals surface area (Å²) in [7, 11) is 1.78. The molecule has 0 aromatic heterocycles. The van der Waals surface area contributed by atoms with Gasteiger partial charge in [0.2, 0.25) is 0 Å². The Kier molecular flexibility index (Phi) is 3.20. The summed E-state index contributed by atoms with van der Waals surface area (Å²) in [6.07, 6.45) is 9.03. The lowest BCUT2D eigenvalue weighted by Gasteiger charge is -2.49. The average molecular weight is 290 g/mol. The summed E-state index contributed by atoms with van der Waals surface area (Å²) < 4.78 is 11.5. The lowest BCUT2D eigenvalue weighted by molar-refractivity contribution is -0.0573. The molecule has 4 aliphatic rings. The zero-order valence-corrected chi connectivity index (χ0v) is 13.1. The molecule has 0 spiro atoms. The van der Waals surface area contributed by atoms with Crippen LogP contribution in [0.4, 0.5) is 0 Å². The summed E-state index contributed by atoms with van der Waals surface area (Å²) in [6, 6.07) is 0. The minimum absolute atomic E-state index is 0.0125. The predicted molar refractivity (Wildman–Crippen MR) is 80.7 cm³/mol. The largest absolute Gasteiger partial charge is 0.501 e. The third-order valence-corrected chi connectivity index (χ3v) is 6.63. The van der Waals surface area contributed by atoms with E-state index in [0.29, 0.717) is 18.4 Å². The van der Waals surface area contributed by atoms with Gasteiger partial charge in [-0.15, -0.1) is 0 Å². The Labute approximate surface area is 127 Å². The molecule has 0 aromatic carbocycles. The van der Waals surface area contributed by atoms with E-state index in [4.69, 9.17) is 9.47 Å². The summed E-state index contributed by atoms with van der Waals surface area (Å²) in [5, 5.41) is 10.3. The van der Waals surface area contributed by atoms with Crippen LogP contribution in [0.5, 0.6) is 0 Å². The van der Waals surface area contributed by atoms with Crippen LogP contribution in [0.15, 0.2) is 23.0 Å². The van der Waals surface area contributed by atoms with Crippen LogP contribution in [0.2, 0.25) is 0 Å². The molecule has 1 aliphatic heterocycles. The standard InChI is InChI=1S/C18H26O3/c1-18-8-7-14-13-6-4-12(20-2)9-11(13)3-5-15(14)17(18)21-10-16(18)19/h4,14-17,19H,3,5-10H2,1-2H3/t14-,15-,16+,17+,18-/m1/s1. The molecule has 2 fully saturated rings. The van der Waals surface area contributed by atoms with Gasteiger partial charge in [0, 0.05) is 11.8 Å². The molecule has 0 amide bonds. The number of hydrogen-bond donors (Lipinski definition) is 1. The number of fused-ring (bicyclic) bond motifs is 4. The van der Waals surface area contributed by atoms with E-state index in [1.807, 2.05) is 0 Å². The summed E-state index contributed by atoms with van der Waals surface area (Å²) in [4.78, 5) is 0. The highest BCUT2D eigenvalue weighted by Gasteiger charge is 2.56. The zero-order valence-electron chi connectivity index (χ0n) is 13.1. The van der Waals surface area contributed by atoms with Gasteiger partial charge < -0.3 is 14.6 Å². The second-order valence-electron chi connectivity index (χ2n) is 7.51. The monoisotopic (exact) mass is 290 g/mol. The smallest absolute Gasteiger partial charge is 0.0959 e. The number of rotatable bonds is 1. The fraction of sp³-hybridized carbons (Fsp3) is 0.778. The van der Waals surface area contributed by atoms with E-state index in [1.54, 1.807) is 18.3 Å². The molecule has 3 heteroatoms. The van der Waals surface area contributed by atoms with Crippen molar-refractivity contribution < 1.29 is 14.6 Å². The van der Waals surface area contributed by atoms with Gasteiger partial charge in [0.15, 0.2) is 0 Å². The highest BCUT2D eigenvalue weighted by atomic mass is 16.5. The van der Waals surface area contributed by atoms with Crippen LogP contribution < -0.4 is 0 Å². The second kappa shape index (κ2) is 4.85. The van der Waals surface area contributed by atoms with Crippen LogP contribution in [-0.4, -0.2) is 31.0 Å². The maximum Gasteiger partial charge on any atom is 0.0959 e. The van der Waals surface area contributed by atoms with Crippen molar-refractivity contribution >= 4 is 0 Å². The Morgan fingerprint density at radius 3 is 3.05 bits per heavy atom. The molecule has 21 heavy (non-hydrogen) atoms. The van der Waals surface area contributed by atoms with Gasteiger partial charge in [0.1, 0.15) is 0 Å². The van der Waals surface area contributed by atoms with E-state index in [0.717, 1.165) is 25.0 Å². The van der Waals surface area contributed by atoms with E-state index in [9.17, 15) is 5.11 Å². The fourth-order valence-corrected chi connectivity index (χ4v) is 5.29. The van der Waals surface area contributed by atoms with E-state index >= 15 is 0 Å².